The van der Waals surface area contributed by atoms with Gasteiger partial charge in [-0.2, -0.15) is 0 Å². The number of hydrogen-bond acceptors (Lipinski definition) is 2. The third kappa shape index (κ3) is 3.91. The zero-order chi connectivity index (χ0) is 12.1. The molecule has 0 aromatic heterocycles. The molecule has 2 rings (SSSR count). The third-order valence-electron chi connectivity index (χ3n) is 2.62. The van der Waals surface area contributed by atoms with Crippen molar-refractivity contribution in [2.75, 3.05) is 18.5 Å². The summed E-state index contributed by atoms with van der Waals surface area (Å²) in [6.45, 7) is 1.35. The number of amides is 2. The molecule has 92 valence electrons. The number of benzene rings is 1. The van der Waals surface area contributed by atoms with E-state index in [0.717, 1.165) is 25.1 Å². The van der Waals surface area contributed by atoms with Crippen molar-refractivity contribution in [3.05, 3.63) is 29.3 Å². The average molecular weight is 255 g/mol. The second kappa shape index (κ2) is 5.89. The molecule has 1 heterocycles. The van der Waals surface area contributed by atoms with Gasteiger partial charge in [0.1, 0.15) is 0 Å². The summed E-state index contributed by atoms with van der Waals surface area (Å²) in [7, 11) is 0. The number of rotatable bonds is 3. The van der Waals surface area contributed by atoms with Gasteiger partial charge in [-0.25, -0.2) is 4.79 Å². The number of carbonyl (C=O) groups excluding carboxylic acids is 1. The zero-order valence-corrected chi connectivity index (χ0v) is 10.2. The summed E-state index contributed by atoms with van der Waals surface area (Å²) in [5.74, 6) is 0. The van der Waals surface area contributed by atoms with Crippen molar-refractivity contribution in [2.45, 2.75) is 18.9 Å². The van der Waals surface area contributed by atoms with E-state index in [1.165, 1.54) is 0 Å². The minimum atomic E-state index is -0.220. The second-order valence-corrected chi connectivity index (χ2v) is 4.41. The fourth-order valence-corrected chi connectivity index (χ4v) is 1.85. The van der Waals surface area contributed by atoms with Gasteiger partial charge in [0.25, 0.3) is 0 Å². The molecular formula is C12H15ClN2O2. The van der Waals surface area contributed by atoms with Gasteiger partial charge in [-0.15, -0.1) is 0 Å². The summed E-state index contributed by atoms with van der Waals surface area (Å²) in [5, 5.41) is 6.16. The van der Waals surface area contributed by atoms with E-state index in [2.05, 4.69) is 10.6 Å². The first kappa shape index (κ1) is 12.2. The normalized spacial score (nSPS) is 19.0. The van der Waals surface area contributed by atoms with Crippen LogP contribution in [0.2, 0.25) is 5.02 Å². The lowest BCUT2D eigenvalue weighted by atomic mass is 10.2. The Morgan fingerprint density at radius 2 is 2.18 bits per heavy atom. The Kier molecular flexibility index (Phi) is 4.23. The van der Waals surface area contributed by atoms with E-state index in [0.29, 0.717) is 11.6 Å². The molecule has 0 unspecified atom stereocenters. The van der Waals surface area contributed by atoms with Crippen molar-refractivity contribution < 1.29 is 9.53 Å². The van der Waals surface area contributed by atoms with E-state index in [-0.39, 0.29) is 12.1 Å². The highest BCUT2D eigenvalue weighted by Gasteiger charge is 2.15. The van der Waals surface area contributed by atoms with Crippen LogP contribution in [-0.4, -0.2) is 25.3 Å². The van der Waals surface area contributed by atoms with Crippen molar-refractivity contribution >= 4 is 23.3 Å². The molecule has 1 aliphatic heterocycles. The van der Waals surface area contributed by atoms with E-state index in [4.69, 9.17) is 16.3 Å². The number of hydrogen-bond donors (Lipinski definition) is 2. The van der Waals surface area contributed by atoms with Crippen LogP contribution in [0, 0.1) is 0 Å². The summed E-state index contributed by atoms with van der Waals surface area (Å²) in [6.07, 6.45) is 2.25. The summed E-state index contributed by atoms with van der Waals surface area (Å²) in [4.78, 5) is 11.5. The summed E-state index contributed by atoms with van der Waals surface area (Å²) < 4.78 is 5.41. The van der Waals surface area contributed by atoms with Crippen molar-refractivity contribution in [3.8, 4) is 0 Å². The predicted octanol–water partition coefficient (Wildman–Crippen LogP) is 2.64. The fraction of sp³-hybridized carbons (Fsp3) is 0.417. The Morgan fingerprint density at radius 1 is 1.41 bits per heavy atom. The molecule has 1 aromatic carbocycles. The van der Waals surface area contributed by atoms with Crippen LogP contribution in [0.4, 0.5) is 10.5 Å². The van der Waals surface area contributed by atoms with Crippen LogP contribution in [0.1, 0.15) is 12.8 Å². The molecule has 2 amide bonds. The van der Waals surface area contributed by atoms with Gasteiger partial charge in [0.05, 0.1) is 6.10 Å². The van der Waals surface area contributed by atoms with E-state index >= 15 is 0 Å². The third-order valence-corrected chi connectivity index (χ3v) is 2.87. The molecule has 1 aliphatic rings. The molecule has 0 spiro atoms. The highest BCUT2D eigenvalue weighted by molar-refractivity contribution is 6.30. The quantitative estimate of drug-likeness (QED) is 0.871. The van der Waals surface area contributed by atoms with Crippen LogP contribution < -0.4 is 10.6 Å². The molecule has 1 aromatic rings. The van der Waals surface area contributed by atoms with Crippen LogP contribution in [0.15, 0.2) is 24.3 Å². The maximum atomic E-state index is 11.5. The van der Waals surface area contributed by atoms with Crippen molar-refractivity contribution in [1.82, 2.24) is 5.32 Å². The molecule has 0 bridgehead atoms. The Balaban J connectivity index is 1.74. The van der Waals surface area contributed by atoms with Crippen LogP contribution in [0.25, 0.3) is 0 Å². The van der Waals surface area contributed by atoms with Gasteiger partial charge in [0, 0.05) is 23.9 Å². The predicted molar refractivity (Wildman–Crippen MR) is 67.4 cm³/mol. The Bertz CT molecular complexity index is 375. The highest BCUT2D eigenvalue weighted by atomic mass is 35.5. The van der Waals surface area contributed by atoms with Crippen molar-refractivity contribution in [1.29, 1.82) is 0 Å². The fourth-order valence-electron chi connectivity index (χ4n) is 1.72. The molecular weight excluding hydrogens is 240 g/mol. The van der Waals surface area contributed by atoms with Gasteiger partial charge >= 0.3 is 6.03 Å². The van der Waals surface area contributed by atoms with Crippen LogP contribution >= 0.6 is 11.6 Å². The largest absolute Gasteiger partial charge is 0.376 e. The Morgan fingerprint density at radius 3 is 2.82 bits per heavy atom. The van der Waals surface area contributed by atoms with E-state index in [9.17, 15) is 4.79 Å². The summed E-state index contributed by atoms with van der Waals surface area (Å²) >= 11 is 5.75. The number of nitrogens with one attached hydrogen (secondary N) is 2. The number of anilines is 1. The molecule has 1 saturated heterocycles. The lowest BCUT2D eigenvalue weighted by Gasteiger charge is -2.11. The van der Waals surface area contributed by atoms with Gasteiger partial charge in [0.2, 0.25) is 0 Å². The van der Waals surface area contributed by atoms with Crippen LogP contribution in [0.5, 0.6) is 0 Å². The van der Waals surface area contributed by atoms with Crippen molar-refractivity contribution in [3.63, 3.8) is 0 Å². The Hall–Kier alpha value is -1.26. The number of halogens is 1. The molecule has 2 N–H and O–H groups in total. The van der Waals surface area contributed by atoms with E-state index < -0.39 is 0 Å². The number of urea groups is 1. The highest BCUT2D eigenvalue weighted by Crippen LogP contribution is 2.13. The molecule has 1 fully saturated rings. The summed E-state index contributed by atoms with van der Waals surface area (Å²) in [5.41, 5.74) is 0.722. The molecule has 17 heavy (non-hydrogen) atoms. The number of ether oxygens (including phenoxy) is 1. The second-order valence-electron chi connectivity index (χ2n) is 3.98. The molecule has 5 heteroatoms. The molecule has 4 nitrogen and oxygen atoms in total. The maximum Gasteiger partial charge on any atom is 0.319 e. The van der Waals surface area contributed by atoms with Crippen LogP contribution in [-0.2, 0) is 4.74 Å². The van der Waals surface area contributed by atoms with Crippen LogP contribution in [0.3, 0.4) is 0 Å². The smallest absolute Gasteiger partial charge is 0.319 e. The monoisotopic (exact) mass is 254 g/mol. The van der Waals surface area contributed by atoms with Gasteiger partial charge in [-0.05, 0) is 37.1 Å². The first-order valence-corrected chi connectivity index (χ1v) is 6.04. The molecule has 1 atom stereocenters. The first-order chi connectivity index (χ1) is 8.24. The van der Waals surface area contributed by atoms with Gasteiger partial charge in [-0.3, -0.25) is 0 Å². The Labute approximate surface area is 105 Å². The zero-order valence-electron chi connectivity index (χ0n) is 9.41. The lowest BCUT2D eigenvalue weighted by molar-refractivity contribution is 0.112. The minimum absolute atomic E-state index is 0.158. The van der Waals surface area contributed by atoms with E-state index in [1.54, 1.807) is 24.3 Å². The van der Waals surface area contributed by atoms with Gasteiger partial charge < -0.3 is 15.4 Å². The first-order valence-electron chi connectivity index (χ1n) is 5.66. The van der Waals surface area contributed by atoms with E-state index in [1.807, 2.05) is 0 Å². The van der Waals surface area contributed by atoms with Gasteiger partial charge in [0.15, 0.2) is 0 Å². The molecule has 0 radical (unpaired) electrons. The minimum Gasteiger partial charge on any atom is -0.376 e. The maximum absolute atomic E-state index is 11.5. The summed E-state index contributed by atoms with van der Waals surface area (Å²) in [6, 6.07) is 6.76. The lowest BCUT2D eigenvalue weighted by Crippen LogP contribution is -2.34. The standard InChI is InChI=1S/C12H15ClN2O2/c13-9-3-5-10(6-4-9)15-12(16)14-8-11-2-1-7-17-11/h3-6,11H,1-2,7-8H2,(H2,14,15,16)/t11-/m1/s1. The molecule has 0 aliphatic carbocycles. The molecule has 0 saturated carbocycles. The van der Waals surface area contributed by atoms with Crippen molar-refractivity contribution in [2.24, 2.45) is 0 Å². The van der Waals surface area contributed by atoms with Gasteiger partial charge in [-0.1, -0.05) is 11.6 Å². The SMILES string of the molecule is O=C(NC[C@H]1CCCO1)Nc1ccc(Cl)cc1. The number of carbonyl (C=O) groups is 1. The topological polar surface area (TPSA) is 50.4 Å². The average Bonchev–Trinajstić information content (AvgIpc) is 2.83.